The Morgan fingerprint density at radius 3 is 2.43 bits per heavy atom. The van der Waals surface area contributed by atoms with E-state index in [4.69, 9.17) is 0 Å². The van der Waals surface area contributed by atoms with Crippen LogP contribution in [-0.2, 0) is 9.59 Å². The maximum Gasteiger partial charge on any atom is 0.229 e. The van der Waals surface area contributed by atoms with Crippen LogP contribution in [0.1, 0.15) is 27.2 Å². The molecule has 0 aromatic carbocycles. The first-order valence-electron chi connectivity index (χ1n) is 4.62. The van der Waals surface area contributed by atoms with E-state index < -0.39 is 0 Å². The van der Waals surface area contributed by atoms with Crippen LogP contribution in [0.3, 0.4) is 0 Å². The molecule has 0 aromatic rings. The van der Waals surface area contributed by atoms with Crippen LogP contribution in [0.4, 0.5) is 0 Å². The van der Waals surface area contributed by atoms with Gasteiger partial charge in [0.25, 0.3) is 0 Å². The molecule has 0 fully saturated rings. The molecular weight excluding hydrogens is 176 g/mol. The Hall–Kier alpha value is -1.44. The largest absolute Gasteiger partial charge is 0.285 e. The minimum absolute atomic E-state index is 0.359. The topological polar surface area (TPSA) is 34.1 Å². The number of Topliss-reactive ketones (excluding diaryl/α,β-unsaturated/α-hetero) is 2. The molecule has 0 saturated heterocycles. The molecule has 2 heteroatoms. The molecule has 0 bridgehead atoms. The van der Waals surface area contributed by atoms with Gasteiger partial charge in [0, 0.05) is 11.1 Å². The zero-order valence-electron chi connectivity index (χ0n) is 8.76. The predicted octanol–water partition coefficient (Wildman–Crippen LogP) is 2.37. The average molecular weight is 190 g/mol. The van der Waals surface area contributed by atoms with Gasteiger partial charge in [-0.15, -0.1) is 0 Å². The van der Waals surface area contributed by atoms with Gasteiger partial charge in [-0.2, -0.15) is 0 Å². The Kier molecular flexibility index (Phi) is 3.18. The first-order chi connectivity index (χ1) is 6.52. The molecule has 0 unspecified atom stereocenters. The minimum atomic E-state index is -0.371. The zero-order chi connectivity index (χ0) is 10.7. The van der Waals surface area contributed by atoms with Gasteiger partial charge in [-0.05, 0) is 27.2 Å². The monoisotopic (exact) mass is 190 g/mol. The predicted molar refractivity (Wildman–Crippen MR) is 55.9 cm³/mol. The van der Waals surface area contributed by atoms with Gasteiger partial charge >= 0.3 is 0 Å². The number of hydrogen-bond donors (Lipinski definition) is 0. The van der Waals surface area contributed by atoms with Crippen molar-refractivity contribution in [3.63, 3.8) is 0 Å². The van der Waals surface area contributed by atoms with Crippen LogP contribution in [0.2, 0.25) is 0 Å². The molecule has 74 valence electrons. The number of ketones is 2. The highest BCUT2D eigenvalue weighted by atomic mass is 16.2. The SMILES string of the molecule is CC(C)=CCC1=CC=C(C)C(=O)C1=O. The van der Waals surface area contributed by atoms with Crippen molar-refractivity contribution in [2.24, 2.45) is 0 Å². The Morgan fingerprint density at radius 1 is 1.21 bits per heavy atom. The first kappa shape index (κ1) is 10.6. The number of carbonyl (C=O) groups excluding carboxylic acids is 2. The lowest BCUT2D eigenvalue weighted by atomic mass is 9.94. The molecule has 0 N–H and O–H groups in total. The van der Waals surface area contributed by atoms with Crippen molar-refractivity contribution in [2.75, 3.05) is 0 Å². The van der Waals surface area contributed by atoms with Gasteiger partial charge in [0.15, 0.2) is 0 Å². The molecule has 0 saturated carbocycles. The van der Waals surface area contributed by atoms with E-state index >= 15 is 0 Å². The number of allylic oxidation sites excluding steroid dienone is 6. The van der Waals surface area contributed by atoms with Crippen molar-refractivity contribution in [1.82, 2.24) is 0 Å². The van der Waals surface area contributed by atoms with Crippen LogP contribution in [0.5, 0.6) is 0 Å². The third-order valence-electron chi connectivity index (χ3n) is 2.12. The summed E-state index contributed by atoms with van der Waals surface area (Å²) in [6.45, 7) is 5.60. The summed E-state index contributed by atoms with van der Waals surface area (Å²) in [6.07, 6.45) is 5.94. The number of rotatable bonds is 2. The third kappa shape index (κ3) is 2.28. The summed E-state index contributed by atoms with van der Waals surface area (Å²) >= 11 is 0. The standard InChI is InChI=1S/C12H14O2/c1-8(2)4-6-10-7-5-9(3)11(13)12(10)14/h4-5,7H,6H2,1-3H3. The molecule has 14 heavy (non-hydrogen) atoms. The van der Waals surface area contributed by atoms with Gasteiger partial charge in [-0.1, -0.05) is 23.8 Å². The normalized spacial score (nSPS) is 16.2. The van der Waals surface area contributed by atoms with E-state index in [-0.39, 0.29) is 11.6 Å². The van der Waals surface area contributed by atoms with Gasteiger partial charge in [0.1, 0.15) is 0 Å². The molecule has 1 aliphatic carbocycles. The Morgan fingerprint density at radius 2 is 1.86 bits per heavy atom. The van der Waals surface area contributed by atoms with Gasteiger partial charge in [-0.25, -0.2) is 0 Å². The molecule has 1 rings (SSSR count). The highest BCUT2D eigenvalue weighted by Crippen LogP contribution is 2.15. The van der Waals surface area contributed by atoms with Crippen LogP contribution in [0.15, 0.2) is 34.9 Å². The fraction of sp³-hybridized carbons (Fsp3) is 0.333. The fourth-order valence-electron chi connectivity index (χ4n) is 1.18. The fourth-order valence-corrected chi connectivity index (χ4v) is 1.18. The van der Waals surface area contributed by atoms with Crippen molar-refractivity contribution in [3.8, 4) is 0 Å². The maximum absolute atomic E-state index is 11.5. The highest BCUT2D eigenvalue weighted by molar-refractivity contribution is 6.49. The van der Waals surface area contributed by atoms with Gasteiger partial charge in [0.05, 0.1) is 0 Å². The van der Waals surface area contributed by atoms with E-state index in [1.807, 2.05) is 19.9 Å². The summed E-state index contributed by atoms with van der Waals surface area (Å²) in [7, 11) is 0. The summed E-state index contributed by atoms with van der Waals surface area (Å²) in [6, 6.07) is 0. The van der Waals surface area contributed by atoms with Crippen molar-refractivity contribution < 1.29 is 9.59 Å². The second-order valence-corrected chi connectivity index (χ2v) is 3.69. The van der Waals surface area contributed by atoms with Gasteiger partial charge in [-0.3, -0.25) is 9.59 Å². The lowest BCUT2D eigenvalue weighted by molar-refractivity contribution is -0.132. The Labute approximate surface area is 84.0 Å². The van der Waals surface area contributed by atoms with E-state index in [0.717, 1.165) is 5.57 Å². The van der Waals surface area contributed by atoms with Crippen LogP contribution in [-0.4, -0.2) is 11.6 Å². The van der Waals surface area contributed by atoms with Crippen molar-refractivity contribution in [1.29, 1.82) is 0 Å². The van der Waals surface area contributed by atoms with Crippen LogP contribution in [0, 0.1) is 0 Å². The number of carbonyl (C=O) groups is 2. The molecule has 2 nitrogen and oxygen atoms in total. The van der Waals surface area contributed by atoms with Crippen molar-refractivity contribution in [3.05, 3.63) is 34.9 Å². The molecule has 0 amide bonds. The van der Waals surface area contributed by atoms with Crippen LogP contribution >= 0.6 is 0 Å². The molecule has 0 heterocycles. The lowest BCUT2D eigenvalue weighted by Gasteiger charge is -2.07. The third-order valence-corrected chi connectivity index (χ3v) is 2.12. The smallest absolute Gasteiger partial charge is 0.229 e. The molecule has 0 aromatic heterocycles. The van der Waals surface area contributed by atoms with Crippen LogP contribution < -0.4 is 0 Å². The average Bonchev–Trinajstić information content (AvgIpc) is 2.13. The maximum atomic E-state index is 11.5. The Balaban J connectivity index is 2.86. The summed E-state index contributed by atoms with van der Waals surface area (Å²) in [5.41, 5.74) is 2.26. The van der Waals surface area contributed by atoms with E-state index in [1.54, 1.807) is 19.1 Å². The molecule has 1 aliphatic rings. The van der Waals surface area contributed by atoms with E-state index in [0.29, 0.717) is 17.6 Å². The highest BCUT2D eigenvalue weighted by Gasteiger charge is 2.21. The zero-order valence-corrected chi connectivity index (χ0v) is 8.76. The van der Waals surface area contributed by atoms with E-state index in [1.165, 1.54) is 0 Å². The Bertz CT molecular complexity index is 364. The molecule has 0 spiro atoms. The summed E-state index contributed by atoms with van der Waals surface area (Å²) in [5.74, 6) is -0.729. The second kappa shape index (κ2) is 4.18. The van der Waals surface area contributed by atoms with Gasteiger partial charge in [0.2, 0.25) is 11.6 Å². The number of hydrogen-bond acceptors (Lipinski definition) is 2. The first-order valence-corrected chi connectivity index (χ1v) is 4.62. The summed E-state index contributed by atoms with van der Waals surface area (Å²) < 4.78 is 0. The van der Waals surface area contributed by atoms with Crippen LogP contribution in [0.25, 0.3) is 0 Å². The second-order valence-electron chi connectivity index (χ2n) is 3.69. The van der Waals surface area contributed by atoms with E-state index in [2.05, 4.69) is 0 Å². The van der Waals surface area contributed by atoms with E-state index in [9.17, 15) is 9.59 Å². The summed E-state index contributed by atoms with van der Waals surface area (Å²) in [4.78, 5) is 22.8. The molecule has 0 aliphatic heterocycles. The lowest BCUT2D eigenvalue weighted by Crippen LogP contribution is -2.19. The van der Waals surface area contributed by atoms with Crippen molar-refractivity contribution >= 4 is 11.6 Å². The van der Waals surface area contributed by atoms with Gasteiger partial charge < -0.3 is 0 Å². The molecular formula is C12H14O2. The molecule has 0 radical (unpaired) electrons. The molecule has 0 atom stereocenters. The summed E-state index contributed by atoms with van der Waals surface area (Å²) in [5, 5.41) is 0. The van der Waals surface area contributed by atoms with Crippen molar-refractivity contribution in [2.45, 2.75) is 27.2 Å². The minimum Gasteiger partial charge on any atom is -0.285 e. The quantitative estimate of drug-likeness (QED) is 0.380.